The normalized spacial score (nSPS) is 18.4. The van der Waals surface area contributed by atoms with Gasteiger partial charge in [0.15, 0.2) is 11.6 Å². The number of methoxy groups -OCH3 is 1. The van der Waals surface area contributed by atoms with Crippen molar-refractivity contribution < 1.29 is 31.4 Å². The van der Waals surface area contributed by atoms with Crippen molar-refractivity contribution in [2.75, 3.05) is 56.6 Å². The molecule has 0 amide bonds. The summed E-state index contributed by atoms with van der Waals surface area (Å²) >= 11 is 7.79. The number of alkyl halides is 3. The van der Waals surface area contributed by atoms with Gasteiger partial charge >= 0.3 is 6.01 Å². The summed E-state index contributed by atoms with van der Waals surface area (Å²) in [7, 11) is 1.38. The Balaban J connectivity index is 0.000000328. The Labute approximate surface area is 304 Å². The van der Waals surface area contributed by atoms with E-state index in [-0.39, 0.29) is 72.1 Å². The number of anilines is 3. The second kappa shape index (κ2) is 15.5. The van der Waals surface area contributed by atoms with Crippen molar-refractivity contribution in [3.63, 3.8) is 0 Å². The Morgan fingerprint density at radius 3 is 2.63 bits per heavy atom. The second-order valence-electron chi connectivity index (χ2n) is 12.3. The van der Waals surface area contributed by atoms with E-state index in [4.69, 9.17) is 32.5 Å². The highest BCUT2D eigenvalue weighted by atomic mass is 35.5. The summed E-state index contributed by atoms with van der Waals surface area (Å²) in [6.45, 7) is 2.53. The minimum absolute atomic E-state index is 0.0341. The molecule has 10 nitrogen and oxygen atoms in total. The molecule has 3 aromatic heterocycles. The van der Waals surface area contributed by atoms with Crippen LogP contribution in [-0.4, -0.2) is 72.3 Å². The molecule has 3 atom stereocenters. The molecule has 6 heterocycles. The summed E-state index contributed by atoms with van der Waals surface area (Å²) in [4.78, 5) is 17.3. The van der Waals surface area contributed by atoms with Crippen LogP contribution in [0.5, 0.6) is 11.8 Å². The fraction of sp³-hybridized carbons (Fsp3) is 0.371. The van der Waals surface area contributed by atoms with Crippen molar-refractivity contribution in [3.05, 3.63) is 58.2 Å². The van der Waals surface area contributed by atoms with Crippen molar-refractivity contribution in [3.8, 4) is 29.0 Å². The van der Waals surface area contributed by atoms with Gasteiger partial charge in [-0.2, -0.15) is 15.2 Å². The molecule has 2 saturated heterocycles. The highest BCUT2D eigenvalue weighted by Crippen LogP contribution is 2.51. The Morgan fingerprint density at radius 2 is 1.94 bits per heavy atom. The Hall–Kier alpha value is -4.72. The largest absolute Gasteiger partial charge is 0.489 e. The Kier molecular flexibility index (Phi) is 11.0. The van der Waals surface area contributed by atoms with Crippen molar-refractivity contribution in [2.45, 2.75) is 44.4 Å². The molecule has 8 rings (SSSR count). The van der Waals surface area contributed by atoms with Crippen molar-refractivity contribution >= 4 is 60.6 Å². The van der Waals surface area contributed by atoms with E-state index in [1.165, 1.54) is 32.1 Å². The fourth-order valence-electron chi connectivity index (χ4n) is 7.12. The zero-order chi connectivity index (χ0) is 37.3. The first-order chi connectivity index (χ1) is 25.0. The van der Waals surface area contributed by atoms with Gasteiger partial charge in [-0.3, -0.25) is 4.90 Å². The molecular formula is C35H34ClF5N8O2S. The quantitative estimate of drug-likeness (QED) is 0.174. The monoisotopic (exact) mass is 760 g/mol. The average molecular weight is 761 g/mol. The van der Waals surface area contributed by atoms with Crippen LogP contribution in [0.1, 0.15) is 43.4 Å². The van der Waals surface area contributed by atoms with Gasteiger partial charge in [0.2, 0.25) is 6.93 Å². The van der Waals surface area contributed by atoms with E-state index in [1.54, 1.807) is 12.3 Å². The SMILES string of the molecule is COc1nc2c3c(c(Cl)c(-c4ccc(F)c5sc(N)c(C#N)c45)c(F)c3n1)OCCN2C(C)c1cccnc1N.FC1CC2CCCN2C1.FCF. The number of ether oxygens (including phenoxy) is 2. The molecule has 3 aliphatic heterocycles. The third-order valence-electron chi connectivity index (χ3n) is 9.42. The average Bonchev–Trinajstić information content (AvgIpc) is 3.77. The van der Waals surface area contributed by atoms with E-state index < -0.39 is 24.7 Å². The minimum atomic E-state index is -1.75. The highest BCUT2D eigenvalue weighted by molar-refractivity contribution is 7.23. The molecule has 0 spiro atoms. The summed E-state index contributed by atoms with van der Waals surface area (Å²) < 4.78 is 74.8. The van der Waals surface area contributed by atoms with E-state index in [1.807, 2.05) is 24.0 Å². The number of benzene rings is 2. The van der Waals surface area contributed by atoms with Gasteiger partial charge in [0.05, 0.1) is 40.4 Å². The highest BCUT2D eigenvalue weighted by Gasteiger charge is 2.35. The summed E-state index contributed by atoms with van der Waals surface area (Å²) in [6.07, 6.45) is 4.41. The minimum Gasteiger partial charge on any atom is -0.489 e. The van der Waals surface area contributed by atoms with E-state index in [0.29, 0.717) is 30.8 Å². The smallest absolute Gasteiger partial charge is 0.318 e. The molecule has 17 heteroatoms. The number of hydrogen-bond donors (Lipinski definition) is 2. The second-order valence-corrected chi connectivity index (χ2v) is 13.7. The van der Waals surface area contributed by atoms with Crippen LogP contribution in [0.3, 0.4) is 0 Å². The molecule has 2 aromatic carbocycles. The third kappa shape index (κ3) is 6.68. The first-order valence-corrected chi connectivity index (χ1v) is 17.5. The summed E-state index contributed by atoms with van der Waals surface area (Å²) in [5.74, 6) is -0.570. The molecule has 5 aromatic rings. The van der Waals surface area contributed by atoms with Crippen molar-refractivity contribution in [2.24, 2.45) is 0 Å². The predicted molar refractivity (Wildman–Crippen MR) is 192 cm³/mol. The summed E-state index contributed by atoms with van der Waals surface area (Å²) in [5.41, 5.74) is 12.9. The van der Waals surface area contributed by atoms with E-state index in [2.05, 4.69) is 19.9 Å². The number of hydrogen-bond acceptors (Lipinski definition) is 11. The Bertz CT molecular complexity index is 2160. The number of nitrogen functional groups attached to an aromatic ring is 2. The lowest BCUT2D eigenvalue weighted by molar-refractivity contribution is 0.292. The molecule has 0 radical (unpaired) electrons. The third-order valence-corrected chi connectivity index (χ3v) is 10.8. The molecule has 0 aliphatic carbocycles. The lowest BCUT2D eigenvalue weighted by atomic mass is 9.96. The number of pyridine rings is 1. The van der Waals surface area contributed by atoms with Gasteiger partial charge in [-0.15, -0.1) is 11.3 Å². The number of nitriles is 1. The maximum Gasteiger partial charge on any atom is 0.318 e. The maximum atomic E-state index is 16.6. The molecule has 3 unspecified atom stereocenters. The van der Waals surface area contributed by atoms with E-state index >= 15 is 4.39 Å². The zero-order valence-electron chi connectivity index (χ0n) is 28.1. The number of rotatable bonds is 4. The van der Waals surface area contributed by atoms with Crippen LogP contribution in [0.15, 0.2) is 30.5 Å². The standard InChI is InChI=1S/C27H20ClF2N7O2S.C7H12FN.CH2F2/c1-11(12-4-3-7-34-24(12)32)37-8-9-39-22-18-21(35-27(38-2)36-26(18)37)20(30)17(19(22)28)13-5-6-15(29)23-16(13)14(10-31)25(33)40-23;8-6-4-7-2-1-3-9(7)5-6;2-1-3/h3-7,11H,8-9,33H2,1-2H3,(H2,32,34);6-7H,1-5H2;1H2. The molecule has 0 saturated carbocycles. The van der Waals surface area contributed by atoms with Crippen molar-refractivity contribution in [1.29, 1.82) is 5.26 Å². The first-order valence-electron chi connectivity index (χ1n) is 16.3. The van der Waals surface area contributed by atoms with Gasteiger partial charge in [0.25, 0.3) is 0 Å². The molecular weight excluding hydrogens is 727 g/mol. The van der Waals surface area contributed by atoms with Gasteiger partial charge in [-0.1, -0.05) is 23.7 Å². The van der Waals surface area contributed by atoms with Gasteiger partial charge in [-0.05, 0) is 50.4 Å². The Morgan fingerprint density at radius 1 is 1.17 bits per heavy atom. The number of thiophene rings is 1. The van der Waals surface area contributed by atoms with Gasteiger partial charge in [0.1, 0.15) is 46.8 Å². The van der Waals surface area contributed by atoms with Gasteiger partial charge in [-0.25, -0.2) is 26.9 Å². The number of fused-ring (bicyclic) bond motifs is 2. The molecule has 4 N–H and O–H groups in total. The van der Waals surface area contributed by atoms with Crippen molar-refractivity contribution in [1.82, 2.24) is 19.9 Å². The molecule has 274 valence electrons. The fourth-order valence-corrected chi connectivity index (χ4v) is 8.40. The van der Waals surface area contributed by atoms with Crippen LogP contribution in [-0.2, 0) is 0 Å². The van der Waals surface area contributed by atoms with Crippen LogP contribution < -0.4 is 25.8 Å². The first kappa shape index (κ1) is 37.1. The van der Waals surface area contributed by atoms with Crippen LogP contribution in [0.4, 0.5) is 38.6 Å². The number of nitrogens with two attached hydrogens (primary N) is 2. The van der Waals surface area contributed by atoms with Crippen LogP contribution in [0.25, 0.3) is 32.1 Å². The number of halogens is 6. The van der Waals surface area contributed by atoms with Gasteiger partial charge < -0.3 is 25.8 Å². The van der Waals surface area contributed by atoms with Crippen LogP contribution >= 0.6 is 22.9 Å². The summed E-state index contributed by atoms with van der Waals surface area (Å²) in [5, 5.41) is 10.2. The van der Waals surface area contributed by atoms with Crippen LogP contribution in [0.2, 0.25) is 5.02 Å². The molecule has 52 heavy (non-hydrogen) atoms. The topological polar surface area (TPSA) is 139 Å². The maximum absolute atomic E-state index is 16.6. The lowest BCUT2D eigenvalue weighted by Crippen LogP contribution is -2.31. The molecule has 2 fully saturated rings. The zero-order valence-corrected chi connectivity index (χ0v) is 29.7. The lowest BCUT2D eigenvalue weighted by Gasteiger charge is -2.30. The number of nitrogens with zero attached hydrogens (tertiary/aromatic N) is 6. The van der Waals surface area contributed by atoms with E-state index in [9.17, 15) is 22.8 Å². The van der Waals surface area contributed by atoms with E-state index in [0.717, 1.165) is 29.9 Å². The molecule has 3 aliphatic rings. The van der Waals surface area contributed by atoms with Crippen LogP contribution in [0, 0.1) is 23.0 Å². The molecule has 0 bridgehead atoms. The predicted octanol–water partition coefficient (Wildman–Crippen LogP) is 7.92. The summed E-state index contributed by atoms with van der Waals surface area (Å²) in [6, 6.07) is 8.37. The van der Waals surface area contributed by atoms with Gasteiger partial charge in [0, 0.05) is 35.3 Å². The number of aromatic nitrogens is 3.